The van der Waals surface area contributed by atoms with Gasteiger partial charge in [-0.15, -0.1) is 0 Å². The van der Waals surface area contributed by atoms with Gasteiger partial charge in [-0.25, -0.2) is 9.37 Å². The molecule has 0 unspecified atom stereocenters. The van der Waals surface area contributed by atoms with Crippen molar-refractivity contribution in [1.29, 1.82) is 0 Å². The van der Waals surface area contributed by atoms with Gasteiger partial charge in [0.25, 0.3) is 5.56 Å². The molecule has 0 fully saturated rings. The van der Waals surface area contributed by atoms with Crippen molar-refractivity contribution >= 4 is 5.91 Å². The summed E-state index contributed by atoms with van der Waals surface area (Å²) < 4.78 is 14.8. The number of benzene rings is 1. The number of carbonyl (C=O) groups is 1. The predicted molar refractivity (Wildman–Crippen MR) is 62.5 cm³/mol. The number of hydrogen-bond donors (Lipinski definition) is 1. The molecule has 0 atom stereocenters. The maximum Gasteiger partial charge on any atom is 0.253 e. The Bertz CT molecular complexity index is 652. The van der Waals surface area contributed by atoms with Gasteiger partial charge in [0.15, 0.2) is 0 Å². The average molecular weight is 247 g/mol. The highest BCUT2D eigenvalue weighted by Gasteiger charge is 2.08. The second-order valence-electron chi connectivity index (χ2n) is 3.72. The first kappa shape index (κ1) is 12.0. The summed E-state index contributed by atoms with van der Waals surface area (Å²) in [5.41, 5.74) is 5.22. The fourth-order valence-electron chi connectivity index (χ4n) is 1.53. The third-order valence-corrected chi connectivity index (χ3v) is 2.46. The molecule has 92 valence electrons. The zero-order valence-corrected chi connectivity index (χ0v) is 9.34. The fraction of sp³-hybridized carbons (Fsp3) is 0.0833. The van der Waals surface area contributed by atoms with E-state index < -0.39 is 11.7 Å². The van der Waals surface area contributed by atoms with Crippen LogP contribution in [0.5, 0.6) is 0 Å². The highest BCUT2D eigenvalue weighted by molar-refractivity contribution is 5.92. The molecule has 0 aliphatic rings. The maximum absolute atomic E-state index is 13.6. The first-order valence-electron chi connectivity index (χ1n) is 5.16. The maximum atomic E-state index is 13.6. The summed E-state index contributed by atoms with van der Waals surface area (Å²) in [6.45, 7) is -0.000370. The molecular weight excluding hydrogens is 237 g/mol. The Hall–Kier alpha value is -2.50. The van der Waals surface area contributed by atoms with Crippen molar-refractivity contribution < 1.29 is 9.18 Å². The number of amides is 1. The lowest BCUT2D eigenvalue weighted by molar-refractivity contribution is 0.1000. The van der Waals surface area contributed by atoms with Crippen LogP contribution in [0, 0.1) is 5.82 Å². The minimum atomic E-state index is -0.644. The molecule has 1 heterocycles. The number of rotatable bonds is 3. The number of hydrogen-bond acceptors (Lipinski definition) is 3. The number of nitrogens with two attached hydrogens (primary N) is 1. The first-order valence-corrected chi connectivity index (χ1v) is 5.16. The van der Waals surface area contributed by atoms with E-state index in [0.717, 1.165) is 6.07 Å². The minimum Gasteiger partial charge on any atom is -0.366 e. The standard InChI is InChI=1S/C12H10FN3O2/c13-10-2-1-8(12(14)18)5-9(10)6-16-7-15-4-3-11(16)17/h1-5,7H,6H2,(H2,14,18). The molecule has 18 heavy (non-hydrogen) atoms. The Balaban J connectivity index is 2.40. The molecule has 0 bridgehead atoms. The number of aromatic nitrogens is 2. The molecule has 1 aromatic heterocycles. The normalized spacial score (nSPS) is 10.3. The molecule has 1 amide bonds. The second-order valence-corrected chi connectivity index (χ2v) is 3.72. The Morgan fingerprint density at radius 1 is 1.39 bits per heavy atom. The average Bonchev–Trinajstić information content (AvgIpc) is 2.34. The first-order chi connectivity index (χ1) is 8.58. The summed E-state index contributed by atoms with van der Waals surface area (Å²) in [6.07, 6.45) is 2.66. The summed E-state index contributed by atoms with van der Waals surface area (Å²) in [6, 6.07) is 5.05. The monoisotopic (exact) mass is 247 g/mol. The van der Waals surface area contributed by atoms with Gasteiger partial charge < -0.3 is 5.73 Å². The summed E-state index contributed by atoms with van der Waals surface area (Å²) >= 11 is 0. The van der Waals surface area contributed by atoms with E-state index in [2.05, 4.69) is 4.98 Å². The molecule has 0 saturated heterocycles. The van der Waals surface area contributed by atoms with Crippen LogP contribution in [0.3, 0.4) is 0 Å². The molecule has 5 nitrogen and oxygen atoms in total. The van der Waals surface area contributed by atoms with Gasteiger partial charge in [-0.3, -0.25) is 14.2 Å². The number of nitrogens with zero attached hydrogens (tertiary/aromatic N) is 2. The van der Waals surface area contributed by atoms with Crippen LogP contribution >= 0.6 is 0 Å². The van der Waals surface area contributed by atoms with E-state index in [-0.39, 0.29) is 23.2 Å². The summed E-state index contributed by atoms with van der Waals surface area (Å²) in [7, 11) is 0. The van der Waals surface area contributed by atoms with Gasteiger partial charge in [-0.2, -0.15) is 0 Å². The van der Waals surface area contributed by atoms with E-state index in [1.165, 1.54) is 35.3 Å². The van der Waals surface area contributed by atoms with Gasteiger partial charge in [-0.05, 0) is 18.2 Å². The largest absolute Gasteiger partial charge is 0.366 e. The van der Waals surface area contributed by atoms with Crippen LogP contribution in [0.1, 0.15) is 15.9 Å². The Morgan fingerprint density at radius 2 is 2.17 bits per heavy atom. The second kappa shape index (κ2) is 4.79. The van der Waals surface area contributed by atoms with Gasteiger partial charge in [-0.1, -0.05) is 0 Å². The fourth-order valence-corrected chi connectivity index (χ4v) is 1.53. The van der Waals surface area contributed by atoms with Gasteiger partial charge in [0.1, 0.15) is 5.82 Å². The summed E-state index contributed by atoms with van der Waals surface area (Å²) in [5, 5.41) is 0. The Kier molecular flexibility index (Phi) is 3.18. The van der Waals surface area contributed by atoms with E-state index >= 15 is 0 Å². The van der Waals surface area contributed by atoms with Crippen molar-refractivity contribution in [2.24, 2.45) is 5.73 Å². The van der Waals surface area contributed by atoms with Gasteiger partial charge in [0, 0.05) is 23.4 Å². The quantitative estimate of drug-likeness (QED) is 0.859. The molecule has 0 spiro atoms. The minimum absolute atomic E-state index is 0.000370. The molecule has 2 N–H and O–H groups in total. The highest BCUT2D eigenvalue weighted by Crippen LogP contribution is 2.11. The number of halogens is 1. The molecule has 0 saturated carbocycles. The predicted octanol–water partition coefficient (Wildman–Crippen LogP) is 0.530. The Labute approximate surface area is 102 Å². The van der Waals surface area contributed by atoms with Crippen molar-refractivity contribution in [3.8, 4) is 0 Å². The molecular formula is C12H10FN3O2. The summed E-state index contributed by atoms with van der Waals surface area (Å²) in [5.74, 6) is -1.15. The van der Waals surface area contributed by atoms with E-state index in [1.807, 2.05) is 0 Å². The van der Waals surface area contributed by atoms with Crippen LogP contribution in [-0.4, -0.2) is 15.5 Å². The molecule has 2 aromatic rings. The van der Waals surface area contributed by atoms with Gasteiger partial charge in [0.05, 0.1) is 12.9 Å². The lowest BCUT2D eigenvalue weighted by Gasteiger charge is -2.07. The van der Waals surface area contributed by atoms with Gasteiger partial charge in [0.2, 0.25) is 5.91 Å². The third kappa shape index (κ3) is 2.42. The van der Waals surface area contributed by atoms with Crippen molar-refractivity contribution in [2.45, 2.75) is 6.54 Å². The smallest absolute Gasteiger partial charge is 0.253 e. The van der Waals surface area contributed by atoms with Crippen molar-refractivity contribution in [1.82, 2.24) is 9.55 Å². The number of carbonyl (C=O) groups excluding carboxylic acids is 1. The van der Waals surface area contributed by atoms with E-state index in [4.69, 9.17) is 5.73 Å². The molecule has 0 aliphatic heterocycles. The van der Waals surface area contributed by atoms with Crippen molar-refractivity contribution in [2.75, 3.05) is 0 Å². The van der Waals surface area contributed by atoms with Crippen LogP contribution in [-0.2, 0) is 6.54 Å². The van der Waals surface area contributed by atoms with Crippen molar-refractivity contribution in [3.05, 3.63) is 64.1 Å². The summed E-state index contributed by atoms with van der Waals surface area (Å²) in [4.78, 5) is 26.2. The highest BCUT2D eigenvalue weighted by atomic mass is 19.1. The van der Waals surface area contributed by atoms with E-state index in [1.54, 1.807) is 0 Å². The Morgan fingerprint density at radius 3 is 2.83 bits per heavy atom. The lowest BCUT2D eigenvalue weighted by atomic mass is 10.1. The van der Waals surface area contributed by atoms with Crippen molar-refractivity contribution in [3.63, 3.8) is 0 Å². The SMILES string of the molecule is NC(=O)c1ccc(F)c(Cn2cnccc2=O)c1. The number of primary amides is 1. The molecule has 6 heteroatoms. The molecule has 0 radical (unpaired) electrons. The molecule has 1 aromatic carbocycles. The topological polar surface area (TPSA) is 78.0 Å². The van der Waals surface area contributed by atoms with E-state index in [9.17, 15) is 14.0 Å². The molecule has 0 aliphatic carbocycles. The third-order valence-electron chi connectivity index (χ3n) is 2.46. The van der Waals surface area contributed by atoms with Crippen LogP contribution in [0.4, 0.5) is 4.39 Å². The van der Waals surface area contributed by atoms with Crippen LogP contribution in [0.2, 0.25) is 0 Å². The zero-order valence-electron chi connectivity index (χ0n) is 9.34. The van der Waals surface area contributed by atoms with Crippen LogP contribution in [0.15, 0.2) is 41.6 Å². The van der Waals surface area contributed by atoms with E-state index in [0.29, 0.717) is 0 Å². The van der Waals surface area contributed by atoms with Crippen LogP contribution < -0.4 is 11.3 Å². The van der Waals surface area contributed by atoms with Crippen LogP contribution in [0.25, 0.3) is 0 Å². The van der Waals surface area contributed by atoms with Gasteiger partial charge >= 0.3 is 0 Å². The molecule has 2 rings (SSSR count). The lowest BCUT2D eigenvalue weighted by Crippen LogP contribution is -2.20. The zero-order chi connectivity index (χ0) is 13.1.